The largest absolute Gasteiger partial charge is 0.494 e. The fourth-order valence-electron chi connectivity index (χ4n) is 2.08. The van der Waals surface area contributed by atoms with Crippen molar-refractivity contribution in [3.8, 4) is 11.5 Å². The fourth-order valence-corrected chi connectivity index (χ4v) is 3.59. The van der Waals surface area contributed by atoms with Gasteiger partial charge in [-0.2, -0.15) is 5.10 Å². The maximum Gasteiger partial charge on any atom is 0.350 e. The molecule has 10 heteroatoms. The van der Waals surface area contributed by atoms with E-state index in [9.17, 15) is 4.79 Å². The molecule has 0 unspecified atom stereocenters. The molecule has 0 saturated heterocycles. The zero-order chi connectivity index (χ0) is 19.3. The first-order valence-corrected chi connectivity index (χ1v) is 9.03. The van der Waals surface area contributed by atoms with Crippen LogP contribution in [-0.2, 0) is 4.74 Å². The van der Waals surface area contributed by atoms with Crippen molar-refractivity contribution in [1.29, 1.82) is 0 Å². The molecule has 2 rings (SSSR count). The number of nitrogens with one attached hydrogen (secondary N) is 1. The van der Waals surface area contributed by atoms with Crippen LogP contribution in [0.5, 0.6) is 11.5 Å². The number of thiazole rings is 1. The Morgan fingerprint density at radius 3 is 2.65 bits per heavy atom. The first kappa shape index (κ1) is 20.3. The van der Waals surface area contributed by atoms with Crippen LogP contribution in [0.25, 0.3) is 0 Å². The average molecular weight is 418 g/mol. The second kappa shape index (κ2) is 9.07. The number of nitrogens with zero attached hydrogens (tertiary/aromatic N) is 2. The van der Waals surface area contributed by atoms with E-state index < -0.39 is 5.97 Å². The van der Waals surface area contributed by atoms with Gasteiger partial charge in [-0.1, -0.05) is 34.5 Å². The number of benzene rings is 1. The van der Waals surface area contributed by atoms with Crippen molar-refractivity contribution in [2.45, 2.75) is 13.8 Å². The smallest absolute Gasteiger partial charge is 0.350 e. The van der Waals surface area contributed by atoms with E-state index in [4.69, 9.17) is 37.4 Å². The molecule has 0 saturated carbocycles. The lowest BCUT2D eigenvalue weighted by Gasteiger charge is -2.12. The standard InChI is InChI=1S/C16H17Cl2N3O4S/c1-5-25-15(22)14-8(2)20-16(26-14)21-19-7-9-6-10(17)13(24-4)11(18)12(9)23-3/h6-7H,5H2,1-4H3,(H,20,21)/b19-7-. The molecule has 1 aromatic heterocycles. The van der Waals surface area contributed by atoms with E-state index in [1.807, 2.05) is 0 Å². The highest BCUT2D eigenvalue weighted by atomic mass is 35.5. The lowest BCUT2D eigenvalue weighted by atomic mass is 10.2. The molecule has 26 heavy (non-hydrogen) atoms. The number of hydrazone groups is 1. The summed E-state index contributed by atoms with van der Waals surface area (Å²) in [5.41, 5.74) is 3.89. The summed E-state index contributed by atoms with van der Waals surface area (Å²) < 4.78 is 15.4. The second-order valence-electron chi connectivity index (χ2n) is 4.85. The minimum Gasteiger partial charge on any atom is -0.494 e. The van der Waals surface area contributed by atoms with Crippen LogP contribution in [0, 0.1) is 6.92 Å². The van der Waals surface area contributed by atoms with Crippen molar-refractivity contribution in [2.75, 3.05) is 26.3 Å². The van der Waals surface area contributed by atoms with Gasteiger partial charge in [0, 0.05) is 5.56 Å². The van der Waals surface area contributed by atoms with Crippen LogP contribution >= 0.6 is 34.5 Å². The van der Waals surface area contributed by atoms with Gasteiger partial charge in [0.1, 0.15) is 15.6 Å². The topological polar surface area (TPSA) is 82.0 Å². The van der Waals surface area contributed by atoms with E-state index in [0.717, 1.165) is 11.3 Å². The molecule has 0 aliphatic heterocycles. The molecule has 7 nitrogen and oxygen atoms in total. The number of hydrogen-bond donors (Lipinski definition) is 1. The van der Waals surface area contributed by atoms with E-state index in [-0.39, 0.29) is 5.02 Å². The third-order valence-corrected chi connectivity index (χ3v) is 4.86. The Balaban J connectivity index is 2.21. The van der Waals surface area contributed by atoms with Gasteiger partial charge in [0.25, 0.3) is 0 Å². The molecule has 1 heterocycles. The van der Waals surface area contributed by atoms with E-state index in [0.29, 0.717) is 44.4 Å². The van der Waals surface area contributed by atoms with Crippen LogP contribution < -0.4 is 14.9 Å². The SMILES string of the molecule is CCOC(=O)c1sc(N/N=C\c2cc(Cl)c(OC)c(Cl)c2OC)nc1C. The summed E-state index contributed by atoms with van der Waals surface area (Å²) in [6, 6.07) is 1.62. The molecule has 0 spiro atoms. The Morgan fingerprint density at radius 2 is 2.04 bits per heavy atom. The van der Waals surface area contributed by atoms with Crippen molar-refractivity contribution in [2.24, 2.45) is 5.10 Å². The van der Waals surface area contributed by atoms with E-state index in [2.05, 4.69) is 15.5 Å². The van der Waals surface area contributed by atoms with Crippen LogP contribution in [0.15, 0.2) is 11.2 Å². The van der Waals surface area contributed by atoms with Crippen molar-refractivity contribution in [1.82, 2.24) is 4.98 Å². The summed E-state index contributed by atoms with van der Waals surface area (Å²) in [6.45, 7) is 3.77. The zero-order valence-electron chi connectivity index (χ0n) is 14.6. The highest BCUT2D eigenvalue weighted by Crippen LogP contribution is 2.41. The summed E-state index contributed by atoms with van der Waals surface area (Å²) >= 11 is 13.5. The number of carbonyl (C=O) groups excluding carboxylic acids is 1. The molecule has 0 amide bonds. The second-order valence-corrected chi connectivity index (χ2v) is 6.64. The fraction of sp³-hybridized carbons (Fsp3) is 0.312. The van der Waals surface area contributed by atoms with E-state index in [1.54, 1.807) is 19.9 Å². The Morgan fingerprint density at radius 1 is 1.35 bits per heavy atom. The first-order chi connectivity index (χ1) is 12.4. The number of esters is 1. The van der Waals surface area contributed by atoms with Gasteiger partial charge >= 0.3 is 5.97 Å². The van der Waals surface area contributed by atoms with Gasteiger partial charge in [-0.15, -0.1) is 0 Å². The summed E-state index contributed by atoms with van der Waals surface area (Å²) in [5, 5.41) is 5.13. The molecule has 140 valence electrons. The predicted molar refractivity (Wildman–Crippen MR) is 104 cm³/mol. The molecule has 0 atom stereocenters. The monoisotopic (exact) mass is 417 g/mol. The van der Waals surface area contributed by atoms with E-state index >= 15 is 0 Å². The number of rotatable bonds is 7. The number of aryl methyl sites for hydroxylation is 1. The van der Waals surface area contributed by atoms with Crippen LogP contribution in [0.1, 0.15) is 27.9 Å². The number of anilines is 1. The summed E-state index contributed by atoms with van der Waals surface area (Å²) in [7, 11) is 2.95. The van der Waals surface area contributed by atoms with Crippen molar-refractivity contribution in [3.63, 3.8) is 0 Å². The van der Waals surface area contributed by atoms with Gasteiger partial charge < -0.3 is 14.2 Å². The van der Waals surface area contributed by atoms with Gasteiger partial charge in [-0.3, -0.25) is 5.43 Å². The molecule has 1 N–H and O–H groups in total. The average Bonchev–Trinajstić information content (AvgIpc) is 2.96. The minimum absolute atomic E-state index is 0.249. The van der Waals surface area contributed by atoms with Crippen LogP contribution in [0.3, 0.4) is 0 Å². The predicted octanol–water partition coefficient (Wildman–Crippen LogP) is 4.40. The number of ether oxygens (including phenoxy) is 3. The van der Waals surface area contributed by atoms with E-state index in [1.165, 1.54) is 20.4 Å². The Kier molecular flexibility index (Phi) is 7.07. The lowest BCUT2D eigenvalue weighted by molar-refractivity contribution is 0.0531. The Hall–Kier alpha value is -2.03. The molecule has 0 fully saturated rings. The number of hydrogen-bond acceptors (Lipinski definition) is 8. The van der Waals surface area contributed by atoms with Gasteiger partial charge in [0.05, 0.1) is 37.8 Å². The normalized spacial score (nSPS) is 10.8. The molecule has 0 aliphatic carbocycles. The maximum absolute atomic E-state index is 11.8. The van der Waals surface area contributed by atoms with Crippen LogP contribution in [-0.4, -0.2) is 38.0 Å². The third kappa shape index (κ3) is 4.38. The molecule has 2 aromatic rings. The summed E-state index contributed by atoms with van der Waals surface area (Å²) in [4.78, 5) is 16.5. The highest BCUT2D eigenvalue weighted by Gasteiger charge is 2.17. The van der Waals surface area contributed by atoms with Crippen molar-refractivity contribution < 1.29 is 19.0 Å². The van der Waals surface area contributed by atoms with Gasteiger partial charge in [-0.05, 0) is 19.9 Å². The van der Waals surface area contributed by atoms with Gasteiger partial charge in [0.15, 0.2) is 5.75 Å². The maximum atomic E-state index is 11.8. The Labute approximate surface area is 164 Å². The molecular formula is C16H17Cl2N3O4S. The van der Waals surface area contributed by atoms with Crippen LogP contribution in [0.4, 0.5) is 5.13 Å². The highest BCUT2D eigenvalue weighted by molar-refractivity contribution is 7.17. The van der Waals surface area contributed by atoms with Crippen molar-refractivity contribution in [3.05, 3.63) is 32.2 Å². The molecule has 0 aliphatic rings. The number of methoxy groups -OCH3 is 2. The first-order valence-electron chi connectivity index (χ1n) is 7.46. The summed E-state index contributed by atoms with van der Waals surface area (Å²) in [5.74, 6) is 0.292. The zero-order valence-corrected chi connectivity index (χ0v) is 16.9. The van der Waals surface area contributed by atoms with Crippen LogP contribution in [0.2, 0.25) is 10.0 Å². The quantitative estimate of drug-likeness (QED) is 0.408. The Bertz CT molecular complexity index is 839. The van der Waals surface area contributed by atoms with Gasteiger partial charge in [-0.25, -0.2) is 9.78 Å². The van der Waals surface area contributed by atoms with Crippen molar-refractivity contribution >= 4 is 51.9 Å². The minimum atomic E-state index is -0.407. The third-order valence-electron chi connectivity index (χ3n) is 3.19. The van der Waals surface area contributed by atoms with Gasteiger partial charge in [0.2, 0.25) is 5.13 Å². The molecule has 1 aromatic carbocycles. The number of aromatic nitrogens is 1. The molecular weight excluding hydrogens is 401 g/mol. The molecule has 0 bridgehead atoms. The number of halogens is 2. The lowest BCUT2D eigenvalue weighted by Crippen LogP contribution is -2.03. The number of carbonyl (C=O) groups is 1. The summed E-state index contributed by atoms with van der Waals surface area (Å²) in [6.07, 6.45) is 1.48. The molecule has 0 radical (unpaired) electrons.